The molecule has 0 bridgehead atoms. The summed E-state index contributed by atoms with van der Waals surface area (Å²) in [5, 5.41) is 16.2. The van der Waals surface area contributed by atoms with Gasteiger partial charge >= 0.3 is 6.03 Å². The number of non-ortho nitro benzene ring substituents is 1. The van der Waals surface area contributed by atoms with Gasteiger partial charge in [0, 0.05) is 17.8 Å². The van der Waals surface area contributed by atoms with E-state index in [0.717, 1.165) is 0 Å². The molecule has 0 fully saturated rings. The van der Waals surface area contributed by atoms with E-state index in [2.05, 4.69) is 10.6 Å². The van der Waals surface area contributed by atoms with E-state index in [-0.39, 0.29) is 27.1 Å². The molecule has 2 amide bonds. The van der Waals surface area contributed by atoms with Crippen LogP contribution in [0.15, 0.2) is 42.5 Å². The lowest BCUT2D eigenvalue weighted by Gasteiger charge is -2.10. The molecular weight excluding hydrogens is 317 g/mol. The van der Waals surface area contributed by atoms with Crippen LogP contribution in [-0.2, 0) is 0 Å². The summed E-state index contributed by atoms with van der Waals surface area (Å²) in [7, 11) is 0. The maximum Gasteiger partial charge on any atom is 0.323 e. The minimum atomic E-state index is -0.606. The predicted octanol–water partition coefficient (Wildman–Crippen LogP) is 4.55. The molecule has 2 aromatic carbocycles. The van der Waals surface area contributed by atoms with Crippen molar-refractivity contribution in [1.82, 2.24) is 0 Å². The number of rotatable bonds is 3. The molecule has 0 aliphatic rings. The molecule has 108 valence electrons. The van der Waals surface area contributed by atoms with Gasteiger partial charge in [0.25, 0.3) is 5.69 Å². The number of para-hydroxylation sites is 1. The number of amides is 2. The highest BCUT2D eigenvalue weighted by molar-refractivity contribution is 6.39. The lowest BCUT2D eigenvalue weighted by Crippen LogP contribution is -2.19. The number of nitro groups is 1. The zero-order chi connectivity index (χ0) is 15.4. The van der Waals surface area contributed by atoms with Crippen LogP contribution in [0, 0.1) is 10.1 Å². The zero-order valence-electron chi connectivity index (χ0n) is 10.5. The van der Waals surface area contributed by atoms with Crippen LogP contribution in [0.3, 0.4) is 0 Å². The second kappa shape index (κ2) is 6.43. The largest absolute Gasteiger partial charge is 0.323 e. The summed E-state index contributed by atoms with van der Waals surface area (Å²) in [5.41, 5.74) is 0.428. The molecule has 8 heteroatoms. The molecule has 0 atom stereocenters. The number of nitrogens with one attached hydrogen (secondary N) is 2. The molecule has 21 heavy (non-hydrogen) atoms. The van der Waals surface area contributed by atoms with Gasteiger partial charge in [-0.05, 0) is 18.2 Å². The Morgan fingerprint density at radius 2 is 1.67 bits per heavy atom. The van der Waals surface area contributed by atoms with Crippen LogP contribution in [-0.4, -0.2) is 11.0 Å². The second-order valence-electron chi connectivity index (χ2n) is 3.98. The van der Waals surface area contributed by atoms with Gasteiger partial charge < -0.3 is 10.6 Å². The number of carbonyl (C=O) groups excluding carboxylic acids is 1. The van der Waals surface area contributed by atoms with Crippen molar-refractivity contribution in [3.63, 3.8) is 0 Å². The fourth-order valence-electron chi connectivity index (χ4n) is 1.59. The average molecular weight is 326 g/mol. The summed E-state index contributed by atoms with van der Waals surface area (Å²) in [4.78, 5) is 22.0. The van der Waals surface area contributed by atoms with Gasteiger partial charge in [-0.1, -0.05) is 35.3 Å². The average Bonchev–Trinajstić information content (AvgIpc) is 2.43. The molecule has 0 heterocycles. The van der Waals surface area contributed by atoms with E-state index >= 15 is 0 Å². The maximum atomic E-state index is 11.9. The molecule has 0 spiro atoms. The van der Waals surface area contributed by atoms with Gasteiger partial charge in [-0.15, -0.1) is 0 Å². The molecule has 2 N–H and O–H groups in total. The molecular formula is C13H9Cl2N3O3. The Morgan fingerprint density at radius 1 is 1.05 bits per heavy atom. The molecule has 0 saturated heterocycles. The number of nitro benzene ring substituents is 1. The number of anilines is 2. The minimum Gasteiger partial charge on any atom is -0.307 e. The van der Waals surface area contributed by atoms with Crippen LogP contribution in [0.25, 0.3) is 0 Å². The first-order valence-corrected chi connectivity index (χ1v) is 6.49. The summed E-state index contributed by atoms with van der Waals surface area (Å²) < 4.78 is 0. The van der Waals surface area contributed by atoms with Crippen molar-refractivity contribution in [2.24, 2.45) is 0 Å². The molecule has 2 rings (SSSR count). The van der Waals surface area contributed by atoms with E-state index in [1.807, 2.05) is 0 Å². The highest BCUT2D eigenvalue weighted by atomic mass is 35.5. The Bertz CT molecular complexity index is 687. The quantitative estimate of drug-likeness (QED) is 0.641. The third-order valence-corrected chi connectivity index (χ3v) is 3.15. The van der Waals surface area contributed by atoms with Crippen LogP contribution in [0.4, 0.5) is 21.9 Å². The molecule has 0 radical (unpaired) electrons. The van der Waals surface area contributed by atoms with Crippen LogP contribution < -0.4 is 10.6 Å². The Hall–Kier alpha value is -2.31. The summed E-state index contributed by atoms with van der Waals surface area (Å²) in [6.45, 7) is 0. The highest BCUT2D eigenvalue weighted by Gasteiger charge is 2.11. The van der Waals surface area contributed by atoms with Gasteiger partial charge in [-0.25, -0.2) is 4.79 Å². The van der Waals surface area contributed by atoms with Gasteiger partial charge in [0.2, 0.25) is 0 Å². The third-order valence-electron chi connectivity index (χ3n) is 2.52. The van der Waals surface area contributed by atoms with Crippen LogP contribution in [0.5, 0.6) is 0 Å². The van der Waals surface area contributed by atoms with Crippen LogP contribution >= 0.6 is 23.2 Å². The Morgan fingerprint density at radius 3 is 2.29 bits per heavy atom. The van der Waals surface area contributed by atoms with Gasteiger partial charge in [0.15, 0.2) is 0 Å². The van der Waals surface area contributed by atoms with Crippen LogP contribution in [0.2, 0.25) is 10.0 Å². The van der Waals surface area contributed by atoms with E-state index in [1.165, 1.54) is 24.3 Å². The number of urea groups is 1. The molecule has 0 aliphatic carbocycles. The van der Waals surface area contributed by atoms with Crippen LogP contribution in [0.1, 0.15) is 0 Å². The highest BCUT2D eigenvalue weighted by Crippen LogP contribution is 2.29. The number of hydrogen-bond acceptors (Lipinski definition) is 3. The van der Waals surface area contributed by atoms with Gasteiger partial charge in [-0.2, -0.15) is 0 Å². The summed E-state index contributed by atoms with van der Waals surface area (Å²) in [6.07, 6.45) is 0. The van der Waals surface area contributed by atoms with Gasteiger partial charge in [0.05, 0.1) is 20.7 Å². The molecule has 2 aromatic rings. The van der Waals surface area contributed by atoms with Gasteiger partial charge in [-0.3, -0.25) is 10.1 Å². The number of benzene rings is 2. The molecule has 6 nitrogen and oxygen atoms in total. The lowest BCUT2D eigenvalue weighted by molar-refractivity contribution is -0.384. The number of hydrogen-bond donors (Lipinski definition) is 2. The molecule has 0 unspecified atom stereocenters. The number of nitrogens with zero attached hydrogens (tertiary/aromatic N) is 1. The Balaban J connectivity index is 2.12. The molecule has 0 saturated carbocycles. The van der Waals surface area contributed by atoms with Crippen molar-refractivity contribution in [3.05, 3.63) is 62.6 Å². The van der Waals surface area contributed by atoms with Crippen molar-refractivity contribution in [1.29, 1.82) is 0 Å². The van der Waals surface area contributed by atoms with Crippen molar-refractivity contribution in [2.45, 2.75) is 0 Å². The van der Waals surface area contributed by atoms with E-state index in [9.17, 15) is 14.9 Å². The fraction of sp³-hybridized carbons (Fsp3) is 0. The Labute approximate surface area is 129 Å². The van der Waals surface area contributed by atoms with Crippen molar-refractivity contribution in [2.75, 3.05) is 10.6 Å². The smallest absolute Gasteiger partial charge is 0.307 e. The maximum absolute atomic E-state index is 11.9. The topological polar surface area (TPSA) is 84.3 Å². The molecule has 0 aliphatic heterocycles. The first-order chi connectivity index (χ1) is 9.97. The number of carbonyl (C=O) groups is 1. The minimum absolute atomic E-state index is 0.122. The first-order valence-electron chi connectivity index (χ1n) is 5.74. The van der Waals surface area contributed by atoms with Crippen molar-refractivity contribution < 1.29 is 9.72 Å². The standard InChI is InChI=1S/C13H9Cl2N3O3/c14-10-5-2-6-11(15)12(10)17-13(19)16-8-3-1-4-9(7-8)18(20)21/h1-7H,(H2,16,17,19). The van der Waals surface area contributed by atoms with Gasteiger partial charge in [0.1, 0.15) is 0 Å². The predicted molar refractivity (Wildman–Crippen MR) is 82.2 cm³/mol. The van der Waals surface area contributed by atoms with E-state index < -0.39 is 11.0 Å². The molecule has 0 aromatic heterocycles. The first kappa shape index (κ1) is 15.1. The van der Waals surface area contributed by atoms with E-state index in [0.29, 0.717) is 0 Å². The summed E-state index contributed by atoms with van der Waals surface area (Å²) in [6, 6.07) is 9.77. The SMILES string of the molecule is O=C(Nc1cccc([N+](=O)[O-])c1)Nc1c(Cl)cccc1Cl. The Kier molecular flexibility index (Phi) is 4.62. The summed E-state index contributed by atoms with van der Waals surface area (Å²) >= 11 is 11.9. The fourth-order valence-corrected chi connectivity index (χ4v) is 2.08. The zero-order valence-corrected chi connectivity index (χ0v) is 12.0. The van der Waals surface area contributed by atoms with E-state index in [4.69, 9.17) is 23.2 Å². The monoisotopic (exact) mass is 325 g/mol. The van der Waals surface area contributed by atoms with Crippen molar-refractivity contribution >= 4 is 46.3 Å². The lowest BCUT2D eigenvalue weighted by atomic mass is 10.3. The van der Waals surface area contributed by atoms with E-state index in [1.54, 1.807) is 18.2 Å². The number of halogens is 2. The normalized spacial score (nSPS) is 10.0. The summed E-state index contributed by atoms with van der Waals surface area (Å²) in [5.74, 6) is 0. The second-order valence-corrected chi connectivity index (χ2v) is 4.80. The van der Waals surface area contributed by atoms with Crippen molar-refractivity contribution in [3.8, 4) is 0 Å². The third kappa shape index (κ3) is 3.84.